The highest BCUT2D eigenvalue weighted by Crippen LogP contribution is 2.39. The number of rotatable bonds is 7. The maximum Gasteiger partial charge on any atom is 0.387 e. The van der Waals surface area contributed by atoms with E-state index in [9.17, 15) is 13.6 Å². The highest BCUT2D eigenvalue weighted by molar-refractivity contribution is 6.13. The number of hydrogen-bond donors (Lipinski definition) is 0. The lowest BCUT2D eigenvalue weighted by molar-refractivity contribution is -0.129. The van der Waals surface area contributed by atoms with Gasteiger partial charge in [0.2, 0.25) is 11.6 Å². The molecule has 0 fully saturated rings. The van der Waals surface area contributed by atoms with Crippen molar-refractivity contribution in [1.29, 1.82) is 0 Å². The zero-order valence-corrected chi connectivity index (χ0v) is 15.8. The van der Waals surface area contributed by atoms with Crippen molar-refractivity contribution in [2.75, 3.05) is 21.3 Å². The van der Waals surface area contributed by atoms with Crippen molar-refractivity contribution < 1.29 is 37.3 Å². The molecule has 0 N–H and O–H groups in total. The molecule has 0 atom stereocenters. The largest absolute Gasteiger partial charge is 0.493 e. The maximum atomic E-state index is 12.6. The Hall–Kier alpha value is -3.62. The van der Waals surface area contributed by atoms with Gasteiger partial charge in [-0.25, -0.2) is 9.79 Å². The molecule has 0 saturated carbocycles. The number of cyclic esters (lactones) is 1. The van der Waals surface area contributed by atoms with E-state index in [-0.39, 0.29) is 22.9 Å². The molecule has 0 saturated heterocycles. The quantitative estimate of drug-likeness (QED) is 0.517. The standard InChI is InChI=1S/C20H17F2NO6/c1-25-15-9-11(10-16(26-2)17(15)27-3)8-13-19(24)29-18(23-13)12-6-4-5-7-14(12)28-20(21)22/h4-10,20H,1-3H3/b13-8-. The van der Waals surface area contributed by atoms with Crippen LogP contribution in [0.5, 0.6) is 23.0 Å². The third-order valence-electron chi connectivity index (χ3n) is 3.94. The molecule has 0 unspecified atom stereocenters. The molecule has 3 rings (SSSR count). The summed E-state index contributed by atoms with van der Waals surface area (Å²) in [4.78, 5) is 16.4. The average Bonchev–Trinajstić information content (AvgIpc) is 3.07. The molecular weight excluding hydrogens is 388 g/mol. The summed E-state index contributed by atoms with van der Waals surface area (Å²) in [6.45, 7) is -3.02. The number of halogens is 2. The number of hydrogen-bond acceptors (Lipinski definition) is 7. The van der Waals surface area contributed by atoms with Crippen molar-refractivity contribution in [2.24, 2.45) is 4.99 Å². The van der Waals surface area contributed by atoms with Crippen molar-refractivity contribution in [2.45, 2.75) is 6.61 Å². The lowest BCUT2D eigenvalue weighted by Crippen LogP contribution is -2.10. The minimum Gasteiger partial charge on any atom is -0.493 e. The van der Waals surface area contributed by atoms with E-state index in [0.717, 1.165) is 0 Å². The van der Waals surface area contributed by atoms with E-state index in [1.165, 1.54) is 45.6 Å². The fraction of sp³-hybridized carbons (Fsp3) is 0.200. The first-order valence-corrected chi connectivity index (χ1v) is 8.33. The molecule has 0 spiro atoms. The Bertz CT molecular complexity index is 962. The van der Waals surface area contributed by atoms with Crippen LogP contribution in [0.1, 0.15) is 11.1 Å². The Morgan fingerprint density at radius 3 is 2.24 bits per heavy atom. The summed E-state index contributed by atoms with van der Waals surface area (Å²) in [6, 6.07) is 9.16. The third-order valence-corrected chi connectivity index (χ3v) is 3.94. The Balaban J connectivity index is 2.00. The van der Waals surface area contributed by atoms with E-state index >= 15 is 0 Å². The number of para-hydroxylation sites is 1. The van der Waals surface area contributed by atoms with Gasteiger partial charge in [-0.15, -0.1) is 0 Å². The monoisotopic (exact) mass is 405 g/mol. The summed E-state index contributed by atoms with van der Waals surface area (Å²) in [5, 5.41) is 0. The molecule has 0 aliphatic carbocycles. The molecule has 0 aromatic heterocycles. The van der Waals surface area contributed by atoms with Crippen molar-refractivity contribution in [3.05, 3.63) is 53.2 Å². The van der Waals surface area contributed by atoms with Gasteiger partial charge in [-0.05, 0) is 35.9 Å². The highest BCUT2D eigenvalue weighted by atomic mass is 19.3. The number of esters is 1. The van der Waals surface area contributed by atoms with Gasteiger partial charge in [0, 0.05) is 0 Å². The second-order valence-electron chi connectivity index (χ2n) is 5.67. The molecule has 1 aliphatic heterocycles. The van der Waals surface area contributed by atoms with Gasteiger partial charge in [-0.1, -0.05) is 12.1 Å². The van der Waals surface area contributed by atoms with Crippen LogP contribution in [0.2, 0.25) is 0 Å². The molecule has 1 heterocycles. The molecule has 2 aromatic carbocycles. The molecule has 7 nitrogen and oxygen atoms in total. The van der Waals surface area contributed by atoms with E-state index in [2.05, 4.69) is 9.73 Å². The van der Waals surface area contributed by atoms with Crippen molar-refractivity contribution in [3.8, 4) is 23.0 Å². The molecule has 29 heavy (non-hydrogen) atoms. The summed E-state index contributed by atoms with van der Waals surface area (Å²) in [5.41, 5.74) is 0.643. The minimum atomic E-state index is -3.02. The van der Waals surface area contributed by atoms with Gasteiger partial charge in [-0.3, -0.25) is 0 Å². The molecule has 2 aromatic rings. The van der Waals surface area contributed by atoms with E-state index in [4.69, 9.17) is 18.9 Å². The number of carbonyl (C=O) groups excluding carboxylic acids is 1. The second-order valence-corrected chi connectivity index (χ2v) is 5.67. The molecule has 0 radical (unpaired) electrons. The van der Waals surface area contributed by atoms with Gasteiger partial charge >= 0.3 is 12.6 Å². The summed E-state index contributed by atoms with van der Waals surface area (Å²) in [6.07, 6.45) is 1.45. The van der Waals surface area contributed by atoms with E-state index < -0.39 is 12.6 Å². The van der Waals surface area contributed by atoms with Crippen LogP contribution in [-0.4, -0.2) is 39.8 Å². The van der Waals surface area contributed by atoms with Crippen LogP contribution in [0.25, 0.3) is 6.08 Å². The lowest BCUT2D eigenvalue weighted by Gasteiger charge is -2.12. The predicted octanol–water partition coefficient (Wildman–Crippen LogP) is 3.66. The van der Waals surface area contributed by atoms with Crippen LogP contribution in [0.3, 0.4) is 0 Å². The topological polar surface area (TPSA) is 75.6 Å². The van der Waals surface area contributed by atoms with Gasteiger partial charge in [0.05, 0.1) is 26.9 Å². The first kappa shape index (κ1) is 20.1. The van der Waals surface area contributed by atoms with Crippen LogP contribution >= 0.6 is 0 Å². The molecular formula is C20H17F2NO6. The summed E-state index contributed by atoms with van der Waals surface area (Å²) < 4.78 is 50.7. The Morgan fingerprint density at radius 2 is 1.66 bits per heavy atom. The van der Waals surface area contributed by atoms with Crippen LogP contribution in [0, 0.1) is 0 Å². The van der Waals surface area contributed by atoms with Gasteiger partial charge < -0.3 is 23.7 Å². The summed E-state index contributed by atoms with van der Waals surface area (Å²) in [7, 11) is 4.41. The van der Waals surface area contributed by atoms with Gasteiger partial charge in [0.1, 0.15) is 5.75 Å². The second kappa shape index (κ2) is 8.59. The number of alkyl halides is 2. The fourth-order valence-corrected chi connectivity index (χ4v) is 2.71. The Labute approximate surface area is 165 Å². The Morgan fingerprint density at radius 1 is 1.00 bits per heavy atom. The average molecular weight is 405 g/mol. The van der Waals surface area contributed by atoms with Crippen molar-refractivity contribution in [1.82, 2.24) is 0 Å². The van der Waals surface area contributed by atoms with Gasteiger partial charge in [0.25, 0.3) is 0 Å². The molecule has 152 valence electrons. The SMILES string of the molecule is COc1cc(/C=C2\N=C(c3ccccc3OC(F)F)OC2=O)cc(OC)c1OC. The van der Waals surface area contributed by atoms with Crippen molar-refractivity contribution >= 4 is 17.9 Å². The smallest absolute Gasteiger partial charge is 0.387 e. The number of aliphatic imine (C=N–C) groups is 1. The van der Waals surface area contributed by atoms with Gasteiger partial charge in [0.15, 0.2) is 17.2 Å². The van der Waals surface area contributed by atoms with Crippen LogP contribution in [0.4, 0.5) is 8.78 Å². The highest BCUT2D eigenvalue weighted by Gasteiger charge is 2.27. The zero-order valence-electron chi connectivity index (χ0n) is 15.8. The first-order valence-electron chi connectivity index (χ1n) is 8.33. The van der Waals surface area contributed by atoms with Crippen LogP contribution in [0.15, 0.2) is 47.1 Å². The molecule has 0 amide bonds. The number of ether oxygens (including phenoxy) is 5. The number of carbonyl (C=O) groups is 1. The molecule has 1 aliphatic rings. The maximum absolute atomic E-state index is 12.6. The Kier molecular flexibility index (Phi) is 5.96. The summed E-state index contributed by atoms with van der Waals surface area (Å²) >= 11 is 0. The lowest BCUT2D eigenvalue weighted by atomic mass is 10.1. The molecule has 0 bridgehead atoms. The van der Waals surface area contributed by atoms with Crippen LogP contribution in [-0.2, 0) is 9.53 Å². The third kappa shape index (κ3) is 4.29. The number of benzene rings is 2. The minimum absolute atomic E-state index is 0.0267. The van der Waals surface area contributed by atoms with Gasteiger partial charge in [-0.2, -0.15) is 8.78 Å². The molecule has 9 heteroatoms. The normalized spacial score (nSPS) is 14.6. The number of methoxy groups -OCH3 is 3. The van der Waals surface area contributed by atoms with E-state index in [0.29, 0.717) is 22.8 Å². The van der Waals surface area contributed by atoms with Crippen LogP contribution < -0.4 is 18.9 Å². The fourth-order valence-electron chi connectivity index (χ4n) is 2.71. The van der Waals surface area contributed by atoms with Crippen molar-refractivity contribution in [3.63, 3.8) is 0 Å². The first-order chi connectivity index (χ1) is 14.0. The summed E-state index contributed by atoms with van der Waals surface area (Å²) in [5.74, 6) is 0.164. The number of nitrogens with zero attached hydrogens (tertiary/aromatic N) is 1. The zero-order chi connectivity index (χ0) is 21.0. The van der Waals surface area contributed by atoms with E-state index in [1.54, 1.807) is 18.2 Å². The predicted molar refractivity (Wildman–Crippen MR) is 99.8 cm³/mol. The van der Waals surface area contributed by atoms with E-state index in [1.807, 2.05) is 0 Å².